The van der Waals surface area contributed by atoms with Crippen LogP contribution in [0.4, 0.5) is 4.39 Å². The number of benzene rings is 1. The summed E-state index contributed by atoms with van der Waals surface area (Å²) in [5, 5.41) is 0. The highest BCUT2D eigenvalue weighted by atomic mass is 35.7. The van der Waals surface area contributed by atoms with Gasteiger partial charge in [0, 0.05) is 23.8 Å². The van der Waals surface area contributed by atoms with E-state index in [4.69, 9.17) is 10.7 Å². The van der Waals surface area contributed by atoms with Crippen molar-refractivity contribution in [1.82, 2.24) is 4.90 Å². The molecule has 1 saturated heterocycles. The van der Waals surface area contributed by atoms with Crippen LogP contribution in [0.5, 0.6) is 0 Å². The van der Waals surface area contributed by atoms with Crippen LogP contribution in [0.3, 0.4) is 0 Å². The molecule has 7 heteroatoms. The van der Waals surface area contributed by atoms with Gasteiger partial charge in [-0.05, 0) is 43.9 Å². The van der Waals surface area contributed by atoms with E-state index in [0.29, 0.717) is 13.1 Å². The van der Waals surface area contributed by atoms with Crippen LogP contribution in [0.1, 0.15) is 35.2 Å². The van der Waals surface area contributed by atoms with E-state index < -0.39 is 20.8 Å². The van der Waals surface area contributed by atoms with Gasteiger partial charge < -0.3 is 4.90 Å². The normalized spacial score (nSPS) is 16.2. The third-order valence-electron chi connectivity index (χ3n) is 3.40. The molecule has 1 heterocycles. The summed E-state index contributed by atoms with van der Waals surface area (Å²) in [6, 6.07) is 2.07. The van der Waals surface area contributed by atoms with Gasteiger partial charge >= 0.3 is 0 Å². The molecule has 0 unspecified atom stereocenters. The van der Waals surface area contributed by atoms with Gasteiger partial charge in [0.1, 0.15) is 5.82 Å². The molecule has 110 valence electrons. The van der Waals surface area contributed by atoms with Gasteiger partial charge in [-0.25, -0.2) is 12.8 Å². The fourth-order valence-electron chi connectivity index (χ4n) is 2.35. The number of amides is 1. The highest BCUT2D eigenvalue weighted by Crippen LogP contribution is 2.25. The number of aryl methyl sites for hydroxylation is 1. The van der Waals surface area contributed by atoms with Crippen molar-refractivity contribution in [1.29, 1.82) is 0 Å². The standard InChI is InChI=1S/C13H15ClFNO3S/c1-9-7-11(15)10(8-12(9)20(14,18)19)13(17)16-5-3-2-4-6-16/h7-8H,2-6H2,1H3. The topological polar surface area (TPSA) is 54.5 Å². The second kappa shape index (κ2) is 5.69. The predicted octanol–water partition coefficient (Wildman–Crippen LogP) is 2.69. The van der Waals surface area contributed by atoms with Crippen molar-refractivity contribution in [2.24, 2.45) is 0 Å². The molecule has 4 nitrogen and oxygen atoms in total. The first-order valence-corrected chi connectivity index (χ1v) is 8.65. The van der Waals surface area contributed by atoms with Crippen LogP contribution in [0.25, 0.3) is 0 Å². The van der Waals surface area contributed by atoms with Crippen molar-refractivity contribution in [3.8, 4) is 0 Å². The molecule has 0 radical (unpaired) electrons. The maximum atomic E-state index is 13.9. The highest BCUT2D eigenvalue weighted by Gasteiger charge is 2.24. The van der Waals surface area contributed by atoms with E-state index in [-0.39, 0.29) is 16.0 Å². The molecule has 2 rings (SSSR count). The van der Waals surface area contributed by atoms with Gasteiger partial charge in [0.05, 0.1) is 10.5 Å². The smallest absolute Gasteiger partial charge is 0.261 e. The molecule has 1 aliphatic rings. The van der Waals surface area contributed by atoms with Crippen LogP contribution in [0.15, 0.2) is 17.0 Å². The molecule has 0 N–H and O–H groups in total. The van der Waals surface area contributed by atoms with E-state index in [2.05, 4.69) is 0 Å². The van der Waals surface area contributed by atoms with Crippen LogP contribution in [0, 0.1) is 12.7 Å². The molecular formula is C13H15ClFNO3S. The fourth-order valence-corrected chi connectivity index (χ4v) is 3.55. The lowest BCUT2D eigenvalue weighted by atomic mass is 10.1. The lowest BCUT2D eigenvalue weighted by Crippen LogP contribution is -2.36. The largest absolute Gasteiger partial charge is 0.339 e. The van der Waals surface area contributed by atoms with Gasteiger partial charge in [0.2, 0.25) is 0 Å². The van der Waals surface area contributed by atoms with Gasteiger partial charge in [-0.2, -0.15) is 0 Å². The van der Waals surface area contributed by atoms with E-state index >= 15 is 0 Å². The summed E-state index contributed by atoms with van der Waals surface area (Å²) < 4.78 is 36.8. The number of piperidine rings is 1. The van der Waals surface area contributed by atoms with Crippen molar-refractivity contribution in [2.45, 2.75) is 31.1 Å². The number of hydrogen-bond donors (Lipinski definition) is 0. The summed E-state index contributed by atoms with van der Waals surface area (Å²) in [6.45, 7) is 2.57. The van der Waals surface area contributed by atoms with Gasteiger partial charge in [-0.15, -0.1) is 0 Å². The number of carbonyl (C=O) groups is 1. The summed E-state index contributed by atoms with van der Waals surface area (Å²) in [7, 11) is 1.30. The summed E-state index contributed by atoms with van der Waals surface area (Å²) >= 11 is 0. The number of likely N-dealkylation sites (tertiary alicyclic amines) is 1. The van der Waals surface area contributed by atoms with E-state index in [9.17, 15) is 17.6 Å². The SMILES string of the molecule is Cc1cc(F)c(C(=O)N2CCCCC2)cc1S(=O)(=O)Cl. The van der Waals surface area contributed by atoms with Crippen LogP contribution >= 0.6 is 10.7 Å². The van der Waals surface area contributed by atoms with Gasteiger partial charge in [-0.1, -0.05) is 0 Å². The van der Waals surface area contributed by atoms with Crippen molar-refractivity contribution >= 4 is 25.6 Å². The molecule has 1 aromatic carbocycles. The first-order valence-electron chi connectivity index (χ1n) is 6.35. The number of rotatable bonds is 2. The minimum Gasteiger partial charge on any atom is -0.339 e. The predicted molar refractivity (Wildman–Crippen MR) is 73.9 cm³/mol. The average Bonchev–Trinajstić information content (AvgIpc) is 2.37. The summed E-state index contributed by atoms with van der Waals surface area (Å²) in [4.78, 5) is 13.6. The van der Waals surface area contributed by atoms with Crippen LogP contribution in [-0.2, 0) is 9.05 Å². The molecule has 0 aliphatic carbocycles. The molecule has 20 heavy (non-hydrogen) atoms. The molecule has 0 bridgehead atoms. The average molecular weight is 320 g/mol. The summed E-state index contributed by atoms with van der Waals surface area (Å²) in [6.07, 6.45) is 2.79. The maximum absolute atomic E-state index is 13.9. The second-order valence-corrected chi connectivity index (χ2v) is 7.42. The Morgan fingerprint density at radius 2 is 1.85 bits per heavy atom. The zero-order valence-corrected chi connectivity index (χ0v) is 12.6. The maximum Gasteiger partial charge on any atom is 0.261 e. The third-order valence-corrected chi connectivity index (χ3v) is 4.86. The zero-order valence-electron chi connectivity index (χ0n) is 11.0. The van der Waals surface area contributed by atoms with Gasteiger partial charge in [0.25, 0.3) is 15.0 Å². The number of halogens is 2. The Hall–Kier alpha value is -1.14. The molecule has 0 saturated carbocycles. The highest BCUT2D eigenvalue weighted by molar-refractivity contribution is 8.13. The molecule has 1 amide bonds. The lowest BCUT2D eigenvalue weighted by molar-refractivity contribution is 0.0719. The minimum absolute atomic E-state index is 0.188. The molecule has 1 aromatic rings. The van der Waals surface area contributed by atoms with Crippen LogP contribution < -0.4 is 0 Å². The minimum atomic E-state index is -4.00. The van der Waals surface area contributed by atoms with Gasteiger partial charge in [-0.3, -0.25) is 4.79 Å². The Labute approximate surface area is 121 Å². The van der Waals surface area contributed by atoms with E-state index in [0.717, 1.165) is 31.4 Å². The number of hydrogen-bond acceptors (Lipinski definition) is 3. The first kappa shape index (κ1) is 15.3. The summed E-state index contributed by atoms with van der Waals surface area (Å²) in [5.74, 6) is -1.20. The third kappa shape index (κ3) is 3.12. The molecule has 1 aliphatic heterocycles. The lowest BCUT2D eigenvalue weighted by Gasteiger charge is -2.27. The summed E-state index contributed by atoms with van der Waals surface area (Å²) in [5.41, 5.74) is -0.0515. The first-order chi connectivity index (χ1) is 9.30. The molecule has 1 fully saturated rings. The monoisotopic (exact) mass is 319 g/mol. The van der Waals surface area contributed by atoms with Crippen LogP contribution in [0.2, 0.25) is 0 Å². The number of carbonyl (C=O) groups excluding carboxylic acids is 1. The van der Waals surface area contributed by atoms with Crippen molar-refractivity contribution < 1.29 is 17.6 Å². The zero-order chi connectivity index (χ0) is 14.9. The Kier molecular flexibility index (Phi) is 4.34. The number of nitrogens with zero attached hydrogens (tertiary/aromatic N) is 1. The van der Waals surface area contributed by atoms with E-state index in [1.807, 2.05) is 0 Å². The molecule has 0 spiro atoms. The van der Waals surface area contributed by atoms with Crippen molar-refractivity contribution in [2.75, 3.05) is 13.1 Å². The Morgan fingerprint density at radius 1 is 1.25 bits per heavy atom. The van der Waals surface area contributed by atoms with Crippen molar-refractivity contribution in [3.63, 3.8) is 0 Å². The van der Waals surface area contributed by atoms with E-state index in [1.165, 1.54) is 6.92 Å². The second-order valence-electron chi connectivity index (χ2n) is 4.89. The Morgan fingerprint density at radius 3 is 2.40 bits per heavy atom. The van der Waals surface area contributed by atoms with Crippen LogP contribution in [-0.4, -0.2) is 32.3 Å². The van der Waals surface area contributed by atoms with Crippen molar-refractivity contribution in [3.05, 3.63) is 29.1 Å². The van der Waals surface area contributed by atoms with Gasteiger partial charge in [0.15, 0.2) is 0 Å². The Bertz CT molecular complexity index is 639. The molecule has 0 aromatic heterocycles. The Balaban J connectivity index is 2.43. The quantitative estimate of drug-likeness (QED) is 0.788. The fraction of sp³-hybridized carbons (Fsp3) is 0.462. The molecular weight excluding hydrogens is 305 g/mol. The molecule has 0 atom stereocenters. The van der Waals surface area contributed by atoms with E-state index in [1.54, 1.807) is 4.90 Å².